The van der Waals surface area contributed by atoms with Crippen LogP contribution in [0.3, 0.4) is 0 Å². The number of anilines is 2. The van der Waals surface area contributed by atoms with Crippen molar-refractivity contribution in [3.05, 3.63) is 53.6 Å². The van der Waals surface area contributed by atoms with E-state index in [-0.39, 0.29) is 6.54 Å². The van der Waals surface area contributed by atoms with Crippen LogP contribution in [0.1, 0.15) is 11.3 Å². The number of hydrogen-bond donors (Lipinski definition) is 3. The molecule has 3 N–H and O–H groups in total. The monoisotopic (exact) mass is 302 g/mol. The third-order valence-electron chi connectivity index (χ3n) is 2.77. The number of nitrogens with one attached hydrogen (secondary N) is 3. The summed E-state index contributed by atoms with van der Waals surface area (Å²) >= 11 is 0. The molecule has 1 aromatic heterocycles. The topological polar surface area (TPSA) is 83.1 Å². The van der Waals surface area contributed by atoms with Crippen molar-refractivity contribution in [2.75, 3.05) is 10.6 Å². The van der Waals surface area contributed by atoms with Gasteiger partial charge in [-0.25, -0.2) is 9.18 Å². The SMILES string of the molecule is Cc1ccc(NC(=O)Nc2cc(F)cc(CNC=O)c2)cn1. The number of carbonyl (C=O) groups is 2. The molecule has 2 rings (SSSR count). The summed E-state index contributed by atoms with van der Waals surface area (Å²) in [4.78, 5) is 26.2. The van der Waals surface area contributed by atoms with Crippen LogP contribution >= 0.6 is 0 Å². The van der Waals surface area contributed by atoms with Crippen LogP contribution < -0.4 is 16.0 Å². The molecule has 22 heavy (non-hydrogen) atoms. The normalized spacial score (nSPS) is 9.91. The highest BCUT2D eigenvalue weighted by molar-refractivity contribution is 5.99. The highest BCUT2D eigenvalue weighted by atomic mass is 19.1. The molecule has 1 aromatic carbocycles. The lowest BCUT2D eigenvalue weighted by molar-refractivity contribution is -0.109. The molecular weight excluding hydrogens is 287 g/mol. The van der Waals surface area contributed by atoms with E-state index >= 15 is 0 Å². The standard InChI is InChI=1S/C15H15FN4O2/c1-10-2-3-13(8-18-10)19-15(22)20-14-5-11(7-17-9-21)4-12(16)6-14/h2-6,8-9H,7H2,1H3,(H,17,21)(H2,19,20,22). The van der Waals surface area contributed by atoms with Crippen LogP contribution in [0.2, 0.25) is 0 Å². The van der Waals surface area contributed by atoms with Crippen molar-refractivity contribution in [2.24, 2.45) is 0 Å². The zero-order chi connectivity index (χ0) is 15.9. The number of halogens is 1. The highest BCUT2D eigenvalue weighted by Crippen LogP contribution is 2.15. The summed E-state index contributed by atoms with van der Waals surface area (Å²) in [5, 5.41) is 7.56. The van der Waals surface area contributed by atoms with Gasteiger partial charge in [0.25, 0.3) is 0 Å². The largest absolute Gasteiger partial charge is 0.355 e. The van der Waals surface area contributed by atoms with Gasteiger partial charge in [-0.3, -0.25) is 9.78 Å². The van der Waals surface area contributed by atoms with E-state index in [1.165, 1.54) is 18.3 Å². The molecule has 0 atom stereocenters. The first-order chi connectivity index (χ1) is 10.6. The minimum atomic E-state index is -0.509. The Balaban J connectivity index is 2.02. The van der Waals surface area contributed by atoms with Gasteiger partial charge in [0.2, 0.25) is 6.41 Å². The van der Waals surface area contributed by atoms with Crippen LogP contribution in [-0.4, -0.2) is 17.4 Å². The van der Waals surface area contributed by atoms with Gasteiger partial charge in [0, 0.05) is 17.9 Å². The van der Waals surface area contributed by atoms with Crippen LogP contribution in [0.25, 0.3) is 0 Å². The van der Waals surface area contributed by atoms with Crippen molar-refractivity contribution in [1.29, 1.82) is 0 Å². The second kappa shape index (κ2) is 7.16. The van der Waals surface area contributed by atoms with Crippen molar-refractivity contribution < 1.29 is 14.0 Å². The fraction of sp³-hybridized carbons (Fsp3) is 0.133. The molecule has 1 heterocycles. The maximum atomic E-state index is 13.5. The number of aryl methyl sites for hydroxylation is 1. The number of urea groups is 1. The van der Waals surface area contributed by atoms with E-state index in [2.05, 4.69) is 20.9 Å². The molecule has 2 aromatic rings. The van der Waals surface area contributed by atoms with Crippen LogP contribution in [0.4, 0.5) is 20.6 Å². The smallest absolute Gasteiger partial charge is 0.323 e. The van der Waals surface area contributed by atoms with Crippen molar-refractivity contribution in [3.8, 4) is 0 Å². The van der Waals surface area contributed by atoms with Crippen LogP contribution in [0.5, 0.6) is 0 Å². The van der Waals surface area contributed by atoms with Gasteiger partial charge in [0.15, 0.2) is 0 Å². The van der Waals surface area contributed by atoms with Crippen LogP contribution in [0, 0.1) is 12.7 Å². The summed E-state index contributed by atoms with van der Waals surface area (Å²) in [6.45, 7) is 2.02. The number of pyridine rings is 1. The number of amides is 3. The Morgan fingerprint density at radius 3 is 2.68 bits per heavy atom. The van der Waals surface area contributed by atoms with E-state index in [0.717, 1.165) is 5.69 Å². The summed E-state index contributed by atoms with van der Waals surface area (Å²) < 4.78 is 13.5. The van der Waals surface area contributed by atoms with Gasteiger partial charge in [-0.15, -0.1) is 0 Å². The second-order valence-corrected chi connectivity index (χ2v) is 4.61. The molecule has 0 fully saturated rings. The van der Waals surface area contributed by atoms with Gasteiger partial charge in [-0.05, 0) is 42.8 Å². The fourth-order valence-corrected chi connectivity index (χ4v) is 1.82. The average Bonchev–Trinajstić information content (AvgIpc) is 2.47. The fourth-order valence-electron chi connectivity index (χ4n) is 1.82. The predicted molar refractivity (Wildman–Crippen MR) is 80.9 cm³/mol. The molecule has 114 valence electrons. The number of carbonyl (C=O) groups excluding carboxylic acids is 2. The molecule has 0 saturated carbocycles. The minimum absolute atomic E-state index is 0.180. The molecule has 3 amide bonds. The Morgan fingerprint density at radius 2 is 2.00 bits per heavy atom. The van der Waals surface area contributed by atoms with E-state index in [1.54, 1.807) is 18.2 Å². The Morgan fingerprint density at radius 1 is 1.23 bits per heavy atom. The number of aromatic nitrogens is 1. The van der Waals surface area contributed by atoms with Gasteiger partial charge >= 0.3 is 6.03 Å². The van der Waals surface area contributed by atoms with Gasteiger partial charge in [0.05, 0.1) is 11.9 Å². The molecular formula is C15H15FN4O2. The summed E-state index contributed by atoms with van der Waals surface area (Å²) in [5.41, 5.74) is 2.20. The van der Waals surface area contributed by atoms with Crippen molar-refractivity contribution in [3.63, 3.8) is 0 Å². The lowest BCUT2D eigenvalue weighted by atomic mass is 10.2. The summed E-state index contributed by atoms with van der Waals surface area (Å²) in [6.07, 6.45) is 2.05. The predicted octanol–water partition coefficient (Wildman–Crippen LogP) is 2.42. The number of benzene rings is 1. The molecule has 0 aliphatic rings. The van der Waals surface area contributed by atoms with E-state index < -0.39 is 11.8 Å². The van der Waals surface area contributed by atoms with Gasteiger partial charge < -0.3 is 16.0 Å². The third kappa shape index (κ3) is 4.55. The van der Waals surface area contributed by atoms with Gasteiger partial charge in [0.1, 0.15) is 5.82 Å². The first-order valence-electron chi connectivity index (χ1n) is 6.54. The second-order valence-electron chi connectivity index (χ2n) is 4.61. The molecule has 0 saturated heterocycles. The first kappa shape index (κ1) is 15.4. The zero-order valence-corrected chi connectivity index (χ0v) is 11.9. The summed E-state index contributed by atoms with van der Waals surface area (Å²) in [7, 11) is 0. The zero-order valence-electron chi connectivity index (χ0n) is 11.9. The van der Waals surface area contributed by atoms with Crippen LogP contribution in [0.15, 0.2) is 36.5 Å². The van der Waals surface area contributed by atoms with E-state index in [4.69, 9.17) is 0 Å². The average molecular weight is 302 g/mol. The Hall–Kier alpha value is -2.96. The molecule has 7 heteroatoms. The molecule has 6 nitrogen and oxygen atoms in total. The maximum absolute atomic E-state index is 13.5. The molecule has 0 aliphatic carbocycles. The Bertz CT molecular complexity index is 674. The molecule has 0 radical (unpaired) electrons. The van der Waals surface area contributed by atoms with Gasteiger partial charge in [-0.1, -0.05) is 0 Å². The van der Waals surface area contributed by atoms with Crippen LogP contribution in [-0.2, 0) is 11.3 Å². The molecule has 0 bridgehead atoms. The van der Waals surface area contributed by atoms with Crippen molar-refractivity contribution in [1.82, 2.24) is 10.3 Å². The van der Waals surface area contributed by atoms with E-state index in [0.29, 0.717) is 23.3 Å². The summed E-state index contributed by atoms with van der Waals surface area (Å²) in [6, 6.07) is 7.02. The number of hydrogen-bond acceptors (Lipinski definition) is 3. The van der Waals surface area contributed by atoms with E-state index in [1.807, 2.05) is 6.92 Å². The molecule has 0 unspecified atom stereocenters. The minimum Gasteiger partial charge on any atom is -0.355 e. The maximum Gasteiger partial charge on any atom is 0.323 e. The first-order valence-corrected chi connectivity index (χ1v) is 6.54. The third-order valence-corrected chi connectivity index (χ3v) is 2.77. The lowest BCUT2D eigenvalue weighted by Crippen LogP contribution is -2.20. The lowest BCUT2D eigenvalue weighted by Gasteiger charge is -2.09. The number of rotatable bonds is 5. The van der Waals surface area contributed by atoms with Gasteiger partial charge in [-0.2, -0.15) is 0 Å². The van der Waals surface area contributed by atoms with Crippen molar-refractivity contribution >= 4 is 23.8 Å². The highest BCUT2D eigenvalue weighted by Gasteiger charge is 2.06. The van der Waals surface area contributed by atoms with Crippen molar-refractivity contribution in [2.45, 2.75) is 13.5 Å². The number of nitrogens with zero attached hydrogens (tertiary/aromatic N) is 1. The summed E-state index contributed by atoms with van der Waals surface area (Å²) in [5.74, 6) is -0.502. The molecule has 0 aliphatic heterocycles. The molecule has 0 spiro atoms. The van der Waals surface area contributed by atoms with E-state index in [9.17, 15) is 14.0 Å². The quantitative estimate of drug-likeness (QED) is 0.742. The Kier molecular flexibility index (Phi) is 5.02. The Labute approximate surface area is 126 Å².